The van der Waals surface area contributed by atoms with Crippen LogP contribution >= 0.6 is 11.8 Å². The molecule has 0 bridgehead atoms. The highest BCUT2D eigenvalue weighted by molar-refractivity contribution is 7.99. The van der Waals surface area contributed by atoms with Crippen molar-refractivity contribution in [1.82, 2.24) is 14.8 Å². The van der Waals surface area contributed by atoms with Crippen LogP contribution in [0.2, 0.25) is 0 Å². The van der Waals surface area contributed by atoms with E-state index in [-0.39, 0.29) is 5.91 Å². The summed E-state index contributed by atoms with van der Waals surface area (Å²) in [7, 11) is 2.01. The summed E-state index contributed by atoms with van der Waals surface area (Å²) in [5, 5.41) is 12.6. The minimum atomic E-state index is 0.0114. The van der Waals surface area contributed by atoms with E-state index in [4.69, 9.17) is 0 Å². The first kappa shape index (κ1) is 21.9. The van der Waals surface area contributed by atoms with Crippen molar-refractivity contribution in [2.75, 3.05) is 11.1 Å². The van der Waals surface area contributed by atoms with Crippen molar-refractivity contribution >= 4 is 23.4 Å². The van der Waals surface area contributed by atoms with E-state index in [0.29, 0.717) is 5.75 Å². The Morgan fingerprint density at radius 2 is 1.83 bits per heavy atom. The van der Waals surface area contributed by atoms with Crippen LogP contribution in [0.5, 0.6) is 0 Å². The van der Waals surface area contributed by atoms with Crippen LogP contribution in [0.15, 0.2) is 23.4 Å². The molecule has 3 rings (SSSR count). The molecule has 1 saturated carbocycles. The van der Waals surface area contributed by atoms with Gasteiger partial charge in [0.25, 0.3) is 0 Å². The number of amides is 1. The van der Waals surface area contributed by atoms with Gasteiger partial charge in [-0.15, -0.1) is 10.2 Å². The van der Waals surface area contributed by atoms with Crippen LogP contribution < -0.4 is 5.32 Å². The summed E-state index contributed by atoms with van der Waals surface area (Å²) in [6.07, 6.45) is 10.9. The summed E-state index contributed by atoms with van der Waals surface area (Å²) in [5.74, 6) is 2.23. The van der Waals surface area contributed by atoms with Crippen LogP contribution in [0.1, 0.15) is 69.3 Å². The average molecular weight is 415 g/mol. The number of hydrogen-bond acceptors (Lipinski definition) is 4. The van der Waals surface area contributed by atoms with Crippen molar-refractivity contribution in [3.8, 4) is 0 Å². The Morgan fingerprint density at radius 1 is 1.14 bits per heavy atom. The Morgan fingerprint density at radius 3 is 2.48 bits per heavy atom. The smallest absolute Gasteiger partial charge is 0.234 e. The van der Waals surface area contributed by atoms with Crippen LogP contribution in [-0.4, -0.2) is 26.4 Å². The molecule has 0 unspecified atom stereocenters. The van der Waals surface area contributed by atoms with E-state index in [0.717, 1.165) is 41.8 Å². The zero-order chi connectivity index (χ0) is 20.6. The number of rotatable bonds is 9. The number of carbonyl (C=O) groups excluding carboxylic acids is 1. The van der Waals surface area contributed by atoms with Gasteiger partial charge in [0.2, 0.25) is 5.91 Å². The Labute approximate surface area is 179 Å². The van der Waals surface area contributed by atoms with Gasteiger partial charge < -0.3 is 9.88 Å². The fourth-order valence-electron chi connectivity index (χ4n) is 4.21. The first-order chi connectivity index (χ1) is 14.1. The molecule has 0 saturated heterocycles. The minimum absolute atomic E-state index is 0.0114. The minimum Gasteiger partial charge on any atom is -0.325 e. The molecule has 158 valence electrons. The zero-order valence-corrected chi connectivity index (χ0v) is 18.9. The number of para-hydroxylation sites is 1. The van der Waals surface area contributed by atoms with Gasteiger partial charge in [-0.25, -0.2) is 0 Å². The second-order valence-corrected chi connectivity index (χ2v) is 8.94. The van der Waals surface area contributed by atoms with Crippen molar-refractivity contribution in [2.45, 2.75) is 76.8 Å². The molecule has 0 spiro atoms. The highest BCUT2D eigenvalue weighted by Crippen LogP contribution is 2.28. The maximum Gasteiger partial charge on any atom is 0.234 e. The van der Waals surface area contributed by atoms with Gasteiger partial charge in [-0.2, -0.15) is 0 Å². The van der Waals surface area contributed by atoms with Gasteiger partial charge in [-0.05, 0) is 36.3 Å². The summed E-state index contributed by atoms with van der Waals surface area (Å²) in [6.45, 7) is 4.24. The molecule has 6 heteroatoms. The van der Waals surface area contributed by atoms with Gasteiger partial charge in [-0.1, -0.05) is 75.9 Å². The van der Waals surface area contributed by atoms with Gasteiger partial charge in [0, 0.05) is 19.2 Å². The first-order valence-electron chi connectivity index (χ1n) is 11.0. The summed E-state index contributed by atoms with van der Waals surface area (Å²) < 4.78 is 2.05. The second kappa shape index (κ2) is 10.8. The van der Waals surface area contributed by atoms with Crippen molar-refractivity contribution in [1.29, 1.82) is 0 Å². The number of aryl methyl sites for hydroxylation is 3. The predicted molar refractivity (Wildman–Crippen MR) is 120 cm³/mol. The van der Waals surface area contributed by atoms with Crippen LogP contribution in [0.4, 0.5) is 5.69 Å². The molecule has 1 amide bonds. The molecule has 5 nitrogen and oxygen atoms in total. The van der Waals surface area contributed by atoms with E-state index < -0.39 is 0 Å². The standard InChI is InChI=1S/C23H34N4OS/c1-4-18-12-9-13-19(5-2)22(18)24-21(28)16-29-23-26-25-20(27(23)3)15-14-17-10-7-6-8-11-17/h9,12-13,17H,4-8,10-11,14-16H2,1-3H3,(H,24,28). The number of aromatic nitrogens is 3. The topological polar surface area (TPSA) is 59.8 Å². The average Bonchev–Trinajstić information content (AvgIpc) is 3.11. The van der Waals surface area contributed by atoms with E-state index in [9.17, 15) is 4.79 Å². The van der Waals surface area contributed by atoms with Crippen molar-refractivity contribution in [2.24, 2.45) is 13.0 Å². The van der Waals surface area contributed by atoms with Gasteiger partial charge in [0.15, 0.2) is 5.16 Å². The summed E-state index contributed by atoms with van der Waals surface area (Å²) in [6, 6.07) is 6.24. The molecule has 2 aromatic rings. The molecule has 1 heterocycles. The van der Waals surface area contributed by atoms with Crippen molar-refractivity contribution in [3.63, 3.8) is 0 Å². The number of nitrogens with one attached hydrogen (secondary N) is 1. The Balaban J connectivity index is 1.54. The lowest BCUT2D eigenvalue weighted by molar-refractivity contribution is -0.113. The van der Waals surface area contributed by atoms with Crippen LogP contribution in [0.3, 0.4) is 0 Å². The number of anilines is 1. The van der Waals surface area contributed by atoms with Gasteiger partial charge in [0.1, 0.15) is 5.82 Å². The van der Waals surface area contributed by atoms with Gasteiger partial charge in [-0.3, -0.25) is 4.79 Å². The third-order valence-electron chi connectivity index (χ3n) is 6.02. The van der Waals surface area contributed by atoms with Crippen molar-refractivity contribution in [3.05, 3.63) is 35.2 Å². The molecule has 1 aromatic carbocycles. The van der Waals surface area contributed by atoms with E-state index >= 15 is 0 Å². The number of hydrogen-bond donors (Lipinski definition) is 1. The summed E-state index contributed by atoms with van der Waals surface area (Å²) in [4.78, 5) is 12.6. The molecular weight excluding hydrogens is 380 g/mol. The molecule has 0 radical (unpaired) electrons. The Kier molecular flexibility index (Phi) is 8.16. The summed E-state index contributed by atoms with van der Waals surface area (Å²) >= 11 is 1.46. The summed E-state index contributed by atoms with van der Waals surface area (Å²) in [5.41, 5.74) is 3.35. The lowest BCUT2D eigenvalue weighted by atomic mass is 9.86. The van der Waals surface area contributed by atoms with E-state index in [1.807, 2.05) is 7.05 Å². The number of thioether (sulfide) groups is 1. The third kappa shape index (κ3) is 5.84. The quantitative estimate of drug-likeness (QED) is 0.574. The first-order valence-corrected chi connectivity index (χ1v) is 12.0. The molecule has 1 fully saturated rings. The highest BCUT2D eigenvalue weighted by atomic mass is 32.2. The molecule has 29 heavy (non-hydrogen) atoms. The number of nitrogens with zero attached hydrogens (tertiary/aromatic N) is 3. The van der Waals surface area contributed by atoms with Crippen molar-refractivity contribution < 1.29 is 4.79 Å². The Bertz CT molecular complexity index is 789. The maximum absolute atomic E-state index is 12.6. The fraction of sp³-hybridized carbons (Fsp3) is 0.609. The lowest BCUT2D eigenvalue weighted by Gasteiger charge is -2.20. The lowest BCUT2D eigenvalue weighted by Crippen LogP contribution is -2.17. The monoisotopic (exact) mass is 414 g/mol. The second-order valence-electron chi connectivity index (χ2n) is 8.00. The molecule has 1 aromatic heterocycles. The van der Waals surface area contributed by atoms with E-state index in [1.54, 1.807) is 0 Å². The molecular formula is C23H34N4OS. The van der Waals surface area contributed by atoms with Crippen LogP contribution in [0.25, 0.3) is 0 Å². The molecule has 1 aliphatic rings. The van der Waals surface area contributed by atoms with E-state index in [2.05, 4.69) is 52.1 Å². The Hall–Kier alpha value is -1.82. The normalized spacial score (nSPS) is 14.9. The zero-order valence-electron chi connectivity index (χ0n) is 18.0. The molecule has 0 atom stereocenters. The van der Waals surface area contributed by atoms with Crippen LogP contribution in [0, 0.1) is 5.92 Å². The maximum atomic E-state index is 12.6. The SMILES string of the molecule is CCc1cccc(CC)c1NC(=O)CSc1nnc(CCC2CCCCC2)n1C. The molecule has 0 aliphatic heterocycles. The number of carbonyl (C=O) groups is 1. The molecule has 1 aliphatic carbocycles. The largest absolute Gasteiger partial charge is 0.325 e. The van der Waals surface area contributed by atoms with Gasteiger partial charge >= 0.3 is 0 Å². The van der Waals surface area contributed by atoms with Gasteiger partial charge in [0.05, 0.1) is 5.75 Å². The van der Waals surface area contributed by atoms with Crippen LogP contribution in [-0.2, 0) is 31.1 Å². The highest BCUT2D eigenvalue weighted by Gasteiger charge is 2.17. The third-order valence-corrected chi connectivity index (χ3v) is 7.04. The fourth-order valence-corrected chi connectivity index (χ4v) is 4.94. The van der Waals surface area contributed by atoms with E-state index in [1.165, 1.54) is 61.4 Å². The number of benzene rings is 1. The predicted octanol–water partition coefficient (Wildman–Crippen LogP) is 5.18. The molecule has 1 N–H and O–H groups in total.